The molecule has 1 aromatic heterocycles. The Morgan fingerprint density at radius 2 is 1.83 bits per heavy atom. The Balaban J connectivity index is 2.18. The van der Waals surface area contributed by atoms with Crippen LogP contribution in [0.15, 0.2) is 48.5 Å². The van der Waals surface area contributed by atoms with Crippen LogP contribution in [0, 0.1) is 10.1 Å². The minimum Gasteiger partial charge on any atom is -0.388 e. The Labute approximate surface area is 167 Å². The molecule has 0 amide bonds. The molecule has 0 spiro atoms. The smallest absolute Gasteiger partial charge is 0.270 e. The summed E-state index contributed by atoms with van der Waals surface area (Å²) in [4.78, 5) is 25.9. The lowest BCUT2D eigenvalue weighted by Crippen LogP contribution is -2.18. The molecule has 0 fully saturated rings. The highest BCUT2D eigenvalue weighted by Gasteiger charge is 2.23. The van der Waals surface area contributed by atoms with Gasteiger partial charge in [0.25, 0.3) is 5.69 Å². The van der Waals surface area contributed by atoms with Gasteiger partial charge in [0, 0.05) is 30.7 Å². The van der Waals surface area contributed by atoms with Crippen LogP contribution in [0.4, 0.5) is 5.69 Å². The van der Waals surface area contributed by atoms with Crippen molar-refractivity contribution in [2.75, 3.05) is 20.6 Å². The van der Waals surface area contributed by atoms with Crippen molar-refractivity contribution < 1.29 is 14.8 Å². The molecular formula is C20H21N5O4. The predicted octanol–water partition coefficient (Wildman–Crippen LogP) is 2.00. The van der Waals surface area contributed by atoms with Gasteiger partial charge in [-0.05, 0) is 20.2 Å². The van der Waals surface area contributed by atoms with Gasteiger partial charge in [-0.2, -0.15) is 0 Å². The van der Waals surface area contributed by atoms with E-state index in [1.807, 2.05) is 19.0 Å². The number of nitrogens with zero attached hydrogens (tertiary/aromatic N) is 5. The maximum Gasteiger partial charge on any atom is 0.270 e. The number of carbonyl (C=O) groups excluding carboxylic acids is 1. The second-order valence-electron chi connectivity index (χ2n) is 6.73. The molecule has 3 rings (SSSR count). The maximum atomic E-state index is 13.2. The summed E-state index contributed by atoms with van der Waals surface area (Å²) in [6, 6.07) is 12.6. The van der Waals surface area contributed by atoms with Gasteiger partial charge in [-0.3, -0.25) is 19.5 Å². The van der Waals surface area contributed by atoms with Crippen LogP contribution in [-0.4, -0.2) is 56.1 Å². The van der Waals surface area contributed by atoms with Crippen LogP contribution in [0.5, 0.6) is 0 Å². The van der Waals surface area contributed by atoms with Gasteiger partial charge in [-0.15, -0.1) is 10.2 Å². The summed E-state index contributed by atoms with van der Waals surface area (Å²) in [5, 5.41) is 29.2. The molecule has 0 radical (unpaired) electrons. The minimum absolute atomic E-state index is 0.144. The molecule has 0 aliphatic heterocycles. The lowest BCUT2D eigenvalue weighted by molar-refractivity contribution is -0.384. The van der Waals surface area contributed by atoms with E-state index in [2.05, 4.69) is 10.2 Å². The highest BCUT2D eigenvalue weighted by atomic mass is 16.6. The molecule has 2 aromatic carbocycles. The van der Waals surface area contributed by atoms with E-state index in [0.717, 1.165) is 0 Å². The number of rotatable bonds is 8. The topological polar surface area (TPSA) is 114 Å². The standard InChI is InChI=1S/C20H21N5O4/c1-23(2)11-10-18-21-22-19(13-26)24(18)17-9-8-15(25(28)29)12-16(17)20(27)14-6-4-3-5-7-14/h3-9,12,26H,10-11,13H2,1-2H3. The highest BCUT2D eigenvalue weighted by molar-refractivity contribution is 6.11. The first-order valence-corrected chi connectivity index (χ1v) is 8.99. The number of nitro benzene ring substituents is 1. The lowest BCUT2D eigenvalue weighted by Gasteiger charge is -2.15. The molecule has 0 bridgehead atoms. The second kappa shape index (κ2) is 8.72. The van der Waals surface area contributed by atoms with Gasteiger partial charge >= 0.3 is 0 Å². The molecule has 9 heteroatoms. The van der Waals surface area contributed by atoms with E-state index in [1.165, 1.54) is 18.2 Å². The number of benzene rings is 2. The molecular weight excluding hydrogens is 374 g/mol. The van der Waals surface area contributed by atoms with E-state index in [4.69, 9.17) is 0 Å². The zero-order chi connectivity index (χ0) is 21.0. The number of hydrogen-bond acceptors (Lipinski definition) is 7. The third kappa shape index (κ3) is 4.36. The summed E-state index contributed by atoms with van der Waals surface area (Å²) in [5.41, 5.74) is 0.752. The van der Waals surface area contributed by atoms with Crippen molar-refractivity contribution in [3.63, 3.8) is 0 Å². The van der Waals surface area contributed by atoms with Gasteiger partial charge < -0.3 is 10.0 Å². The molecule has 0 saturated heterocycles. The number of aromatic nitrogens is 3. The zero-order valence-corrected chi connectivity index (χ0v) is 16.1. The Morgan fingerprint density at radius 3 is 2.45 bits per heavy atom. The minimum atomic E-state index is -0.544. The summed E-state index contributed by atoms with van der Waals surface area (Å²) in [7, 11) is 3.84. The van der Waals surface area contributed by atoms with Crippen molar-refractivity contribution in [2.45, 2.75) is 13.0 Å². The third-order valence-corrected chi connectivity index (χ3v) is 4.43. The fraction of sp³-hybridized carbons (Fsp3) is 0.250. The molecule has 29 heavy (non-hydrogen) atoms. The number of non-ortho nitro benzene ring substituents is 1. The number of ketones is 1. The monoisotopic (exact) mass is 395 g/mol. The number of likely N-dealkylation sites (N-methyl/N-ethyl adjacent to an activating group) is 1. The van der Waals surface area contributed by atoms with Gasteiger partial charge in [0.05, 0.1) is 16.2 Å². The van der Waals surface area contributed by atoms with Crippen LogP contribution in [-0.2, 0) is 13.0 Å². The van der Waals surface area contributed by atoms with Gasteiger partial charge in [0.15, 0.2) is 11.6 Å². The first-order valence-electron chi connectivity index (χ1n) is 8.99. The SMILES string of the molecule is CN(C)CCc1nnc(CO)n1-c1ccc([N+](=O)[O-])cc1C(=O)c1ccccc1. The summed E-state index contributed by atoms with van der Waals surface area (Å²) >= 11 is 0. The molecule has 1 N–H and O–H groups in total. The van der Waals surface area contributed by atoms with Crippen LogP contribution in [0.2, 0.25) is 0 Å². The first-order chi connectivity index (χ1) is 13.9. The molecule has 0 atom stereocenters. The molecule has 0 saturated carbocycles. The van der Waals surface area contributed by atoms with Gasteiger partial charge in [-0.25, -0.2) is 0 Å². The van der Waals surface area contributed by atoms with Crippen molar-refractivity contribution in [1.29, 1.82) is 0 Å². The zero-order valence-electron chi connectivity index (χ0n) is 16.1. The molecule has 150 valence electrons. The van der Waals surface area contributed by atoms with Crippen LogP contribution in [0.1, 0.15) is 27.6 Å². The summed E-state index contributed by atoms with van der Waals surface area (Å²) in [6.07, 6.45) is 0.524. The number of carbonyl (C=O) groups is 1. The fourth-order valence-corrected chi connectivity index (χ4v) is 2.98. The predicted molar refractivity (Wildman–Crippen MR) is 106 cm³/mol. The van der Waals surface area contributed by atoms with Crippen LogP contribution in [0.25, 0.3) is 5.69 Å². The Bertz CT molecular complexity index is 1030. The second-order valence-corrected chi connectivity index (χ2v) is 6.73. The quantitative estimate of drug-likeness (QED) is 0.352. The summed E-state index contributed by atoms with van der Waals surface area (Å²) in [6.45, 7) is 0.295. The number of aliphatic hydroxyl groups excluding tert-OH is 1. The lowest BCUT2D eigenvalue weighted by atomic mass is 10.0. The Kier molecular flexibility index (Phi) is 6.10. The average molecular weight is 395 g/mol. The molecule has 0 unspecified atom stereocenters. The van der Waals surface area contributed by atoms with Crippen LogP contribution in [0.3, 0.4) is 0 Å². The van der Waals surface area contributed by atoms with E-state index in [1.54, 1.807) is 34.9 Å². The first kappa shape index (κ1) is 20.3. The molecule has 3 aromatic rings. The normalized spacial score (nSPS) is 11.0. The van der Waals surface area contributed by atoms with E-state index >= 15 is 0 Å². The molecule has 1 heterocycles. The van der Waals surface area contributed by atoms with E-state index in [9.17, 15) is 20.0 Å². The van der Waals surface area contributed by atoms with Crippen molar-refractivity contribution in [2.24, 2.45) is 0 Å². The average Bonchev–Trinajstić information content (AvgIpc) is 3.14. The van der Waals surface area contributed by atoms with Crippen molar-refractivity contribution in [3.05, 3.63) is 81.4 Å². The molecule has 0 aliphatic carbocycles. The maximum absolute atomic E-state index is 13.2. The largest absolute Gasteiger partial charge is 0.388 e. The van der Waals surface area contributed by atoms with Crippen LogP contribution < -0.4 is 0 Å². The van der Waals surface area contributed by atoms with E-state index in [-0.39, 0.29) is 29.5 Å². The summed E-state index contributed by atoms with van der Waals surface area (Å²) < 4.78 is 1.60. The number of nitro groups is 1. The summed E-state index contributed by atoms with van der Waals surface area (Å²) in [5.74, 6) is 0.453. The van der Waals surface area contributed by atoms with Crippen LogP contribution >= 0.6 is 0 Å². The molecule has 9 nitrogen and oxygen atoms in total. The van der Waals surface area contributed by atoms with E-state index in [0.29, 0.717) is 30.0 Å². The Hall–Kier alpha value is -3.43. The third-order valence-electron chi connectivity index (χ3n) is 4.43. The number of hydrogen-bond donors (Lipinski definition) is 1. The van der Waals surface area contributed by atoms with Gasteiger partial charge in [0.2, 0.25) is 0 Å². The molecule has 0 aliphatic rings. The van der Waals surface area contributed by atoms with Crippen molar-refractivity contribution >= 4 is 11.5 Å². The Morgan fingerprint density at radius 1 is 1.14 bits per heavy atom. The fourth-order valence-electron chi connectivity index (χ4n) is 2.98. The van der Waals surface area contributed by atoms with E-state index < -0.39 is 4.92 Å². The van der Waals surface area contributed by atoms with Crippen molar-refractivity contribution in [3.8, 4) is 5.69 Å². The number of aliphatic hydroxyl groups is 1. The van der Waals surface area contributed by atoms with Gasteiger partial charge in [-0.1, -0.05) is 30.3 Å². The highest BCUT2D eigenvalue weighted by Crippen LogP contribution is 2.26. The van der Waals surface area contributed by atoms with Crippen molar-refractivity contribution in [1.82, 2.24) is 19.7 Å². The van der Waals surface area contributed by atoms with Gasteiger partial charge in [0.1, 0.15) is 12.4 Å².